The van der Waals surface area contributed by atoms with E-state index in [4.69, 9.17) is 0 Å². The van der Waals surface area contributed by atoms with Crippen molar-refractivity contribution in [2.45, 2.75) is 26.7 Å². The second-order valence-electron chi connectivity index (χ2n) is 4.23. The highest BCUT2D eigenvalue weighted by molar-refractivity contribution is 9.11. The minimum atomic E-state index is -0.179. The van der Waals surface area contributed by atoms with Crippen molar-refractivity contribution >= 4 is 65.1 Å². The zero-order chi connectivity index (χ0) is 15.1. The molecule has 7 heteroatoms. The lowest BCUT2D eigenvalue weighted by molar-refractivity contribution is -0.119. The van der Waals surface area contributed by atoms with E-state index in [9.17, 15) is 4.79 Å². The molecule has 0 bridgehead atoms. The molecule has 2 N–H and O–H groups in total. The highest BCUT2D eigenvalue weighted by Gasteiger charge is 2.08. The third-order valence-corrected chi connectivity index (χ3v) is 4.12. The van der Waals surface area contributed by atoms with Crippen LogP contribution in [0.25, 0.3) is 0 Å². The first-order valence-corrected chi connectivity index (χ1v) is 8.52. The summed E-state index contributed by atoms with van der Waals surface area (Å²) in [6.45, 7) is 4.13. The van der Waals surface area contributed by atoms with E-state index in [2.05, 4.69) is 70.6 Å². The number of hydrazone groups is 1. The number of anilines is 1. The number of nitrogens with one attached hydrogen (secondary N) is 2. The van der Waals surface area contributed by atoms with Gasteiger partial charge in [-0.3, -0.25) is 4.79 Å². The smallest absolute Gasteiger partial charge is 0.259 e. The second-order valence-corrected chi connectivity index (χ2v) is 6.85. The molecule has 110 valence electrons. The number of hydrogen-bond donors (Lipinski definition) is 2. The largest absolute Gasteiger partial charge is 0.374 e. The standard InChI is InChI=1S/C13H16Br3N3O/c1-3-4-8(2)18-19-12(20)7-17-13-10(15)5-9(14)6-11(13)16/h5-6,17H,3-4,7H2,1-2H3,(H,19,20). The maximum absolute atomic E-state index is 11.7. The molecule has 0 heterocycles. The fourth-order valence-corrected chi connectivity index (χ4v) is 4.03. The highest BCUT2D eigenvalue weighted by atomic mass is 79.9. The van der Waals surface area contributed by atoms with E-state index in [1.165, 1.54) is 0 Å². The van der Waals surface area contributed by atoms with Gasteiger partial charge in [-0.05, 0) is 57.3 Å². The Morgan fingerprint density at radius 2 is 1.85 bits per heavy atom. The SMILES string of the molecule is CCCC(C)=NNC(=O)CNc1c(Br)cc(Br)cc1Br. The Balaban J connectivity index is 2.56. The molecule has 0 aromatic heterocycles. The van der Waals surface area contributed by atoms with Crippen LogP contribution in [0.15, 0.2) is 30.7 Å². The Bertz CT molecular complexity index is 495. The molecule has 0 aliphatic heterocycles. The number of carbonyl (C=O) groups is 1. The third-order valence-electron chi connectivity index (χ3n) is 2.42. The number of amides is 1. The van der Waals surface area contributed by atoms with Crippen molar-refractivity contribution in [2.24, 2.45) is 5.10 Å². The van der Waals surface area contributed by atoms with Crippen molar-refractivity contribution in [2.75, 3.05) is 11.9 Å². The molecule has 0 saturated heterocycles. The van der Waals surface area contributed by atoms with E-state index in [0.717, 1.165) is 37.7 Å². The summed E-state index contributed by atoms with van der Waals surface area (Å²) in [5.41, 5.74) is 4.29. The summed E-state index contributed by atoms with van der Waals surface area (Å²) in [4.78, 5) is 11.7. The summed E-state index contributed by atoms with van der Waals surface area (Å²) in [6.07, 6.45) is 1.90. The van der Waals surface area contributed by atoms with Crippen molar-refractivity contribution in [1.82, 2.24) is 5.43 Å². The number of halogens is 3. The summed E-state index contributed by atoms with van der Waals surface area (Å²) in [7, 11) is 0. The normalized spacial score (nSPS) is 11.3. The lowest BCUT2D eigenvalue weighted by atomic mass is 10.2. The van der Waals surface area contributed by atoms with Gasteiger partial charge in [0.2, 0.25) is 0 Å². The van der Waals surface area contributed by atoms with Gasteiger partial charge in [0.15, 0.2) is 0 Å². The molecule has 0 fully saturated rings. The molecule has 0 aliphatic carbocycles. The van der Waals surface area contributed by atoms with Gasteiger partial charge in [-0.25, -0.2) is 5.43 Å². The van der Waals surface area contributed by atoms with Gasteiger partial charge < -0.3 is 5.32 Å². The van der Waals surface area contributed by atoms with Crippen LogP contribution in [-0.4, -0.2) is 18.2 Å². The molecule has 0 atom stereocenters. The van der Waals surface area contributed by atoms with Crippen LogP contribution in [0.1, 0.15) is 26.7 Å². The lowest BCUT2D eigenvalue weighted by Gasteiger charge is -2.10. The third kappa shape index (κ3) is 5.93. The second kappa shape index (κ2) is 8.79. The van der Waals surface area contributed by atoms with Crippen molar-refractivity contribution in [3.63, 3.8) is 0 Å². The summed E-state index contributed by atoms with van der Waals surface area (Å²) < 4.78 is 2.69. The predicted octanol–water partition coefficient (Wildman–Crippen LogP) is 4.68. The van der Waals surface area contributed by atoms with Crippen LogP contribution in [0.2, 0.25) is 0 Å². The molecular weight excluding hydrogens is 454 g/mol. The van der Waals surface area contributed by atoms with Crippen LogP contribution in [0, 0.1) is 0 Å². The van der Waals surface area contributed by atoms with E-state index in [1.54, 1.807) is 0 Å². The Morgan fingerprint density at radius 1 is 1.25 bits per heavy atom. The van der Waals surface area contributed by atoms with E-state index in [-0.39, 0.29) is 12.5 Å². The zero-order valence-electron chi connectivity index (χ0n) is 11.3. The number of carbonyl (C=O) groups excluding carboxylic acids is 1. The summed E-state index contributed by atoms with van der Waals surface area (Å²) >= 11 is 10.3. The fraction of sp³-hybridized carbons (Fsp3) is 0.385. The maximum atomic E-state index is 11.7. The average molecular weight is 470 g/mol. The summed E-state index contributed by atoms with van der Waals surface area (Å²) in [5.74, 6) is -0.179. The van der Waals surface area contributed by atoms with Crippen LogP contribution in [0.3, 0.4) is 0 Å². The maximum Gasteiger partial charge on any atom is 0.259 e. The van der Waals surface area contributed by atoms with Crippen LogP contribution in [-0.2, 0) is 4.79 Å². The average Bonchev–Trinajstić information content (AvgIpc) is 2.35. The van der Waals surface area contributed by atoms with Gasteiger partial charge in [0.05, 0.1) is 12.2 Å². The fourth-order valence-electron chi connectivity index (χ4n) is 1.49. The van der Waals surface area contributed by atoms with Gasteiger partial charge >= 0.3 is 0 Å². The monoisotopic (exact) mass is 467 g/mol. The lowest BCUT2D eigenvalue weighted by Crippen LogP contribution is -2.26. The van der Waals surface area contributed by atoms with Crippen LogP contribution < -0.4 is 10.7 Å². The highest BCUT2D eigenvalue weighted by Crippen LogP contribution is 2.34. The quantitative estimate of drug-likeness (QED) is 0.469. The number of benzene rings is 1. The van der Waals surface area contributed by atoms with Gasteiger partial charge in [0, 0.05) is 19.1 Å². The molecule has 0 saturated carbocycles. The predicted molar refractivity (Wildman–Crippen MR) is 94.2 cm³/mol. The molecule has 1 aromatic rings. The first-order valence-electron chi connectivity index (χ1n) is 6.14. The molecule has 1 amide bonds. The summed E-state index contributed by atoms with van der Waals surface area (Å²) in [6, 6.07) is 3.82. The summed E-state index contributed by atoms with van der Waals surface area (Å²) in [5, 5.41) is 7.10. The Morgan fingerprint density at radius 3 is 2.40 bits per heavy atom. The van der Waals surface area contributed by atoms with E-state index < -0.39 is 0 Å². The minimum Gasteiger partial charge on any atom is -0.374 e. The van der Waals surface area contributed by atoms with Gasteiger partial charge in [0.1, 0.15) is 0 Å². The molecular formula is C13H16Br3N3O. The minimum absolute atomic E-state index is 0.155. The van der Waals surface area contributed by atoms with Crippen LogP contribution in [0.4, 0.5) is 5.69 Å². The first-order chi connectivity index (χ1) is 9.43. The van der Waals surface area contributed by atoms with E-state index in [1.807, 2.05) is 19.1 Å². The molecule has 0 spiro atoms. The molecule has 0 radical (unpaired) electrons. The molecule has 20 heavy (non-hydrogen) atoms. The van der Waals surface area contributed by atoms with Crippen molar-refractivity contribution in [3.8, 4) is 0 Å². The first kappa shape index (κ1) is 17.7. The Hall–Kier alpha value is -0.400. The molecule has 0 aliphatic rings. The zero-order valence-corrected chi connectivity index (χ0v) is 16.0. The van der Waals surface area contributed by atoms with Gasteiger partial charge in [-0.2, -0.15) is 5.10 Å². The number of nitrogens with zero attached hydrogens (tertiary/aromatic N) is 1. The van der Waals surface area contributed by atoms with Crippen LogP contribution in [0.5, 0.6) is 0 Å². The topological polar surface area (TPSA) is 53.5 Å². The number of rotatable bonds is 6. The van der Waals surface area contributed by atoms with Crippen LogP contribution >= 0.6 is 47.8 Å². The molecule has 0 unspecified atom stereocenters. The van der Waals surface area contributed by atoms with Crippen molar-refractivity contribution in [3.05, 3.63) is 25.6 Å². The van der Waals surface area contributed by atoms with Gasteiger partial charge in [0.25, 0.3) is 5.91 Å². The number of hydrogen-bond acceptors (Lipinski definition) is 3. The van der Waals surface area contributed by atoms with Gasteiger partial charge in [-0.1, -0.05) is 29.3 Å². The van der Waals surface area contributed by atoms with Crippen molar-refractivity contribution < 1.29 is 4.79 Å². The van der Waals surface area contributed by atoms with Gasteiger partial charge in [-0.15, -0.1) is 0 Å². The Kier molecular flexibility index (Phi) is 7.76. The van der Waals surface area contributed by atoms with E-state index in [0.29, 0.717) is 0 Å². The molecule has 4 nitrogen and oxygen atoms in total. The van der Waals surface area contributed by atoms with E-state index >= 15 is 0 Å². The van der Waals surface area contributed by atoms with Crippen molar-refractivity contribution in [1.29, 1.82) is 0 Å². The molecule has 1 aromatic carbocycles. The Labute approximate surface area is 144 Å². The molecule has 1 rings (SSSR count).